The maximum absolute atomic E-state index is 3.93. The summed E-state index contributed by atoms with van der Waals surface area (Å²) in [6, 6.07) is 12.5. The molecular weight excluding hydrogens is 254 g/mol. The molecule has 3 rings (SSSR count). The normalized spacial score (nSPS) is 32.9. The Morgan fingerprint density at radius 3 is 2.33 bits per heavy atom. The molecule has 2 atom stereocenters. The van der Waals surface area contributed by atoms with Gasteiger partial charge in [0.05, 0.1) is 0 Å². The molecule has 1 N–H and O–H groups in total. The highest BCUT2D eigenvalue weighted by molar-refractivity contribution is 5.27. The largest absolute Gasteiger partial charge is 0.311 e. The maximum atomic E-state index is 3.93. The Balaban J connectivity index is 1.45. The topological polar surface area (TPSA) is 12.0 Å². The molecule has 1 aromatic rings. The van der Waals surface area contributed by atoms with Gasteiger partial charge in [0, 0.05) is 18.0 Å². The predicted octanol–water partition coefficient (Wildman–Crippen LogP) is 5.13. The minimum Gasteiger partial charge on any atom is -0.311 e. The van der Waals surface area contributed by atoms with Gasteiger partial charge in [0.25, 0.3) is 0 Å². The third kappa shape index (κ3) is 3.51. The van der Waals surface area contributed by atoms with Crippen LogP contribution in [0.2, 0.25) is 0 Å². The second kappa shape index (κ2) is 6.12. The maximum Gasteiger partial charge on any atom is 0.0145 e. The highest BCUT2D eigenvalue weighted by atomic mass is 15.0. The minimum absolute atomic E-state index is 0.539. The standard InChI is InChI=1S/C20H31N/c1-4-20(2,3)16-10-12-17(13-11-16)21-19-14-18(19)15-8-6-5-7-9-15/h5-9,16-19,21H,4,10-14H2,1-3H3. The quantitative estimate of drug-likeness (QED) is 0.791. The molecule has 0 spiro atoms. The Morgan fingerprint density at radius 1 is 1.05 bits per heavy atom. The molecule has 0 saturated heterocycles. The Bertz CT molecular complexity index is 442. The second-order valence-corrected chi connectivity index (χ2v) is 7.92. The van der Waals surface area contributed by atoms with E-state index in [1.807, 2.05) is 0 Å². The van der Waals surface area contributed by atoms with E-state index < -0.39 is 0 Å². The molecule has 21 heavy (non-hydrogen) atoms. The third-order valence-electron chi connectivity index (χ3n) is 6.21. The Kier molecular flexibility index (Phi) is 4.40. The van der Waals surface area contributed by atoms with Crippen molar-refractivity contribution in [2.45, 2.75) is 77.3 Å². The molecule has 1 aromatic carbocycles. The summed E-state index contributed by atoms with van der Waals surface area (Å²) < 4.78 is 0. The van der Waals surface area contributed by atoms with Crippen molar-refractivity contribution in [3.05, 3.63) is 35.9 Å². The molecule has 1 nitrogen and oxygen atoms in total. The zero-order chi connectivity index (χ0) is 14.9. The Morgan fingerprint density at radius 2 is 1.71 bits per heavy atom. The average Bonchev–Trinajstić information content (AvgIpc) is 3.28. The molecule has 2 fully saturated rings. The first kappa shape index (κ1) is 15.1. The molecule has 2 aliphatic rings. The van der Waals surface area contributed by atoms with E-state index in [2.05, 4.69) is 56.4 Å². The van der Waals surface area contributed by atoms with E-state index in [0.717, 1.165) is 23.9 Å². The minimum atomic E-state index is 0.539. The number of hydrogen-bond acceptors (Lipinski definition) is 1. The summed E-state index contributed by atoms with van der Waals surface area (Å²) in [6.07, 6.45) is 8.25. The van der Waals surface area contributed by atoms with Crippen LogP contribution in [0.3, 0.4) is 0 Å². The van der Waals surface area contributed by atoms with E-state index in [1.54, 1.807) is 0 Å². The zero-order valence-corrected chi connectivity index (χ0v) is 13.9. The summed E-state index contributed by atoms with van der Waals surface area (Å²) in [5.41, 5.74) is 2.06. The molecule has 0 aromatic heterocycles. The van der Waals surface area contributed by atoms with E-state index in [-0.39, 0.29) is 0 Å². The predicted molar refractivity (Wildman–Crippen MR) is 90.5 cm³/mol. The van der Waals surface area contributed by atoms with Crippen molar-refractivity contribution < 1.29 is 0 Å². The smallest absolute Gasteiger partial charge is 0.0145 e. The highest BCUT2D eigenvalue weighted by Crippen LogP contribution is 2.44. The van der Waals surface area contributed by atoms with E-state index >= 15 is 0 Å². The van der Waals surface area contributed by atoms with Gasteiger partial charge in [-0.25, -0.2) is 0 Å². The van der Waals surface area contributed by atoms with Crippen molar-refractivity contribution in [3.8, 4) is 0 Å². The fourth-order valence-electron chi connectivity index (χ4n) is 4.08. The van der Waals surface area contributed by atoms with Crippen LogP contribution in [-0.2, 0) is 0 Å². The first-order valence-corrected chi connectivity index (χ1v) is 8.91. The van der Waals surface area contributed by atoms with Gasteiger partial charge in [0.2, 0.25) is 0 Å². The third-order valence-corrected chi connectivity index (χ3v) is 6.21. The molecule has 0 radical (unpaired) electrons. The fourth-order valence-corrected chi connectivity index (χ4v) is 4.08. The van der Waals surface area contributed by atoms with E-state index in [4.69, 9.17) is 0 Å². The van der Waals surface area contributed by atoms with Crippen LogP contribution in [0.5, 0.6) is 0 Å². The molecule has 2 aliphatic carbocycles. The van der Waals surface area contributed by atoms with Gasteiger partial charge in [-0.15, -0.1) is 0 Å². The van der Waals surface area contributed by atoms with E-state index in [9.17, 15) is 0 Å². The van der Waals surface area contributed by atoms with Crippen LogP contribution in [0.15, 0.2) is 30.3 Å². The van der Waals surface area contributed by atoms with Crippen molar-refractivity contribution in [1.82, 2.24) is 5.32 Å². The molecule has 116 valence electrons. The summed E-state index contributed by atoms with van der Waals surface area (Å²) in [5.74, 6) is 1.71. The van der Waals surface area contributed by atoms with Crippen LogP contribution in [0.4, 0.5) is 0 Å². The van der Waals surface area contributed by atoms with Crippen molar-refractivity contribution in [2.75, 3.05) is 0 Å². The second-order valence-electron chi connectivity index (χ2n) is 7.92. The van der Waals surface area contributed by atoms with Crippen molar-refractivity contribution >= 4 is 0 Å². The van der Waals surface area contributed by atoms with Crippen LogP contribution in [-0.4, -0.2) is 12.1 Å². The summed E-state index contributed by atoms with van der Waals surface area (Å²) >= 11 is 0. The first-order chi connectivity index (χ1) is 10.1. The summed E-state index contributed by atoms with van der Waals surface area (Å²) in [6.45, 7) is 7.26. The SMILES string of the molecule is CCC(C)(C)C1CCC(NC2CC2c2ccccc2)CC1. The van der Waals surface area contributed by atoms with Crippen LogP contribution in [0.25, 0.3) is 0 Å². The molecule has 0 aliphatic heterocycles. The van der Waals surface area contributed by atoms with Gasteiger partial charge < -0.3 is 5.32 Å². The monoisotopic (exact) mass is 285 g/mol. The average molecular weight is 285 g/mol. The summed E-state index contributed by atoms with van der Waals surface area (Å²) in [5, 5.41) is 3.93. The summed E-state index contributed by atoms with van der Waals surface area (Å²) in [7, 11) is 0. The van der Waals surface area contributed by atoms with Crippen molar-refractivity contribution in [1.29, 1.82) is 0 Å². The fraction of sp³-hybridized carbons (Fsp3) is 0.700. The lowest BCUT2D eigenvalue weighted by atomic mass is 9.69. The van der Waals surface area contributed by atoms with E-state index in [0.29, 0.717) is 5.41 Å². The highest BCUT2D eigenvalue weighted by Gasteiger charge is 2.40. The lowest BCUT2D eigenvalue weighted by molar-refractivity contribution is 0.136. The van der Waals surface area contributed by atoms with Gasteiger partial charge in [-0.05, 0) is 49.0 Å². The van der Waals surface area contributed by atoms with Crippen LogP contribution >= 0.6 is 0 Å². The van der Waals surface area contributed by atoms with Gasteiger partial charge in [0.1, 0.15) is 0 Å². The first-order valence-electron chi connectivity index (χ1n) is 8.91. The summed E-state index contributed by atoms with van der Waals surface area (Å²) in [4.78, 5) is 0. The van der Waals surface area contributed by atoms with Gasteiger partial charge in [0.15, 0.2) is 0 Å². The van der Waals surface area contributed by atoms with Crippen LogP contribution < -0.4 is 5.32 Å². The molecule has 0 amide bonds. The van der Waals surface area contributed by atoms with Crippen molar-refractivity contribution in [2.24, 2.45) is 11.3 Å². The Hall–Kier alpha value is -0.820. The van der Waals surface area contributed by atoms with Gasteiger partial charge in [-0.1, -0.05) is 57.5 Å². The van der Waals surface area contributed by atoms with Gasteiger partial charge >= 0.3 is 0 Å². The molecule has 0 heterocycles. The lowest BCUT2D eigenvalue weighted by Gasteiger charge is -2.39. The van der Waals surface area contributed by atoms with Gasteiger partial charge in [-0.3, -0.25) is 0 Å². The molecule has 1 heteroatoms. The number of benzene rings is 1. The number of hydrogen-bond donors (Lipinski definition) is 1. The Labute approximate surface area is 130 Å². The van der Waals surface area contributed by atoms with Crippen LogP contribution in [0, 0.1) is 11.3 Å². The van der Waals surface area contributed by atoms with Crippen LogP contribution in [0.1, 0.15) is 70.8 Å². The molecule has 2 saturated carbocycles. The number of nitrogens with one attached hydrogen (secondary N) is 1. The number of rotatable bonds is 5. The van der Waals surface area contributed by atoms with E-state index in [1.165, 1.54) is 44.1 Å². The molecule has 2 unspecified atom stereocenters. The van der Waals surface area contributed by atoms with Crippen molar-refractivity contribution in [3.63, 3.8) is 0 Å². The van der Waals surface area contributed by atoms with Gasteiger partial charge in [-0.2, -0.15) is 0 Å². The lowest BCUT2D eigenvalue weighted by Crippen LogP contribution is -2.38. The molecular formula is C20H31N. The zero-order valence-electron chi connectivity index (χ0n) is 13.9. The molecule has 0 bridgehead atoms.